The molecule has 1 heterocycles. The molecule has 0 spiro atoms. The van der Waals surface area contributed by atoms with Crippen molar-refractivity contribution in [3.8, 4) is 0 Å². The van der Waals surface area contributed by atoms with Crippen molar-refractivity contribution >= 4 is 5.91 Å². The quantitative estimate of drug-likeness (QED) is 0.908. The molecule has 2 rings (SSSR count). The lowest BCUT2D eigenvalue weighted by molar-refractivity contribution is 0.0916. The summed E-state index contributed by atoms with van der Waals surface area (Å²) in [4.78, 5) is 12.0. The van der Waals surface area contributed by atoms with E-state index in [1.807, 2.05) is 12.1 Å². The lowest BCUT2D eigenvalue weighted by Crippen LogP contribution is -2.28. The Kier molecular flexibility index (Phi) is 4.48. The second-order valence-electron chi connectivity index (χ2n) is 6.11. The Morgan fingerprint density at radius 3 is 2.43 bits per heavy atom. The fourth-order valence-corrected chi connectivity index (χ4v) is 2.00. The lowest BCUT2D eigenvalue weighted by Gasteiger charge is -2.19. The summed E-state index contributed by atoms with van der Waals surface area (Å²) in [5, 5.41) is 12.6. The number of hydrogen-bond donors (Lipinski definition) is 2. The summed E-state index contributed by atoms with van der Waals surface area (Å²) >= 11 is 0. The van der Waals surface area contributed by atoms with Crippen LogP contribution in [0.15, 0.2) is 47.3 Å². The second-order valence-corrected chi connectivity index (χ2v) is 6.11. The van der Waals surface area contributed by atoms with E-state index in [2.05, 4.69) is 26.1 Å². The Bertz CT molecular complexity index is 579. The molecule has 0 fully saturated rings. The highest BCUT2D eigenvalue weighted by Crippen LogP contribution is 2.22. The molecule has 1 amide bonds. The highest BCUT2D eigenvalue weighted by molar-refractivity contribution is 5.94. The summed E-state index contributed by atoms with van der Waals surface area (Å²) in [5.41, 5.74) is 2.48. The highest BCUT2D eigenvalue weighted by Gasteiger charge is 2.15. The number of aliphatic hydroxyl groups excluding tert-OH is 1. The van der Waals surface area contributed by atoms with Gasteiger partial charge in [-0.3, -0.25) is 4.79 Å². The molecule has 112 valence electrons. The molecule has 0 aliphatic rings. The minimum atomic E-state index is -0.762. The predicted molar refractivity (Wildman–Crippen MR) is 81.1 cm³/mol. The van der Waals surface area contributed by atoms with Crippen LogP contribution in [-0.4, -0.2) is 17.6 Å². The molecule has 1 aromatic carbocycles. The van der Waals surface area contributed by atoms with Crippen LogP contribution in [0.4, 0.5) is 0 Å². The molecule has 2 N–H and O–H groups in total. The number of aliphatic hydroxyl groups is 1. The van der Waals surface area contributed by atoms with Gasteiger partial charge in [-0.25, -0.2) is 0 Å². The zero-order valence-electron chi connectivity index (χ0n) is 12.6. The molecular weight excluding hydrogens is 266 g/mol. The van der Waals surface area contributed by atoms with Gasteiger partial charge in [-0.15, -0.1) is 0 Å². The fraction of sp³-hybridized carbons (Fsp3) is 0.353. The van der Waals surface area contributed by atoms with Crippen LogP contribution in [0.1, 0.15) is 48.4 Å². The molecule has 0 aliphatic heterocycles. The van der Waals surface area contributed by atoms with Gasteiger partial charge in [-0.05, 0) is 29.2 Å². The third-order valence-corrected chi connectivity index (χ3v) is 3.40. The molecule has 0 bridgehead atoms. The van der Waals surface area contributed by atoms with Crippen molar-refractivity contribution in [2.45, 2.75) is 32.3 Å². The molecular formula is C17H21NO3. The average molecular weight is 287 g/mol. The summed E-state index contributed by atoms with van der Waals surface area (Å²) in [6.45, 7) is 6.54. The number of carbonyl (C=O) groups is 1. The van der Waals surface area contributed by atoms with Crippen LogP contribution >= 0.6 is 0 Å². The smallest absolute Gasteiger partial charge is 0.251 e. The van der Waals surface area contributed by atoms with Crippen molar-refractivity contribution in [3.63, 3.8) is 0 Å². The maximum Gasteiger partial charge on any atom is 0.251 e. The Hall–Kier alpha value is -2.07. The molecule has 0 saturated heterocycles. The lowest BCUT2D eigenvalue weighted by atomic mass is 9.87. The number of rotatable bonds is 4. The van der Waals surface area contributed by atoms with Crippen LogP contribution in [0.2, 0.25) is 0 Å². The molecule has 4 nitrogen and oxygen atoms in total. The van der Waals surface area contributed by atoms with Gasteiger partial charge >= 0.3 is 0 Å². The van der Waals surface area contributed by atoms with Crippen LogP contribution in [0.25, 0.3) is 0 Å². The van der Waals surface area contributed by atoms with Gasteiger partial charge in [0, 0.05) is 17.7 Å². The molecule has 4 heteroatoms. The van der Waals surface area contributed by atoms with Gasteiger partial charge in [0.1, 0.15) is 0 Å². The van der Waals surface area contributed by atoms with E-state index in [1.54, 1.807) is 18.2 Å². The second kappa shape index (κ2) is 6.14. The molecule has 0 saturated carbocycles. The van der Waals surface area contributed by atoms with Gasteiger partial charge in [0.25, 0.3) is 5.91 Å². The van der Waals surface area contributed by atoms with Crippen molar-refractivity contribution in [1.82, 2.24) is 5.32 Å². The minimum absolute atomic E-state index is 0.0620. The van der Waals surface area contributed by atoms with Crippen molar-refractivity contribution in [2.75, 3.05) is 6.54 Å². The maximum atomic E-state index is 12.0. The topological polar surface area (TPSA) is 62.5 Å². The molecule has 1 atom stereocenters. The molecule has 0 aliphatic carbocycles. The summed E-state index contributed by atoms with van der Waals surface area (Å²) in [5.74, 6) is -0.196. The molecule has 0 radical (unpaired) electrons. The third kappa shape index (κ3) is 3.95. The van der Waals surface area contributed by atoms with E-state index >= 15 is 0 Å². The zero-order chi connectivity index (χ0) is 15.5. The number of hydrogen-bond acceptors (Lipinski definition) is 3. The Morgan fingerprint density at radius 2 is 1.90 bits per heavy atom. The van der Waals surface area contributed by atoms with Crippen LogP contribution < -0.4 is 5.32 Å². The first-order chi connectivity index (χ1) is 9.88. The number of nitrogens with one attached hydrogen (secondary N) is 1. The van der Waals surface area contributed by atoms with E-state index in [9.17, 15) is 9.90 Å². The molecule has 0 unspecified atom stereocenters. The monoisotopic (exact) mass is 287 g/mol. The average Bonchev–Trinajstić information content (AvgIpc) is 2.98. The Labute approximate surface area is 124 Å². The first-order valence-electron chi connectivity index (χ1n) is 6.97. The minimum Gasteiger partial charge on any atom is -0.472 e. The van der Waals surface area contributed by atoms with E-state index in [-0.39, 0.29) is 17.9 Å². The van der Waals surface area contributed by atoms with E-state index < -0.39 is 6.10 Å². The predicted octanol–water partition coefficient (Wildman–Crippen LogP) is 3.04. The SMILES string of the molecule is CC(C)(C)c1ccc(C(=O)NC[C@H](O)c2ccoc2)cc1. The van der Waals surface area contributed by atoms with Gasteiger partial charge in [-0.2, -0.15) is 0 Å². The normalized spacial score (nSPS) is 13.0. The van der Waals surface area contributed by atoms with E-state index in [1.165, 1.54) is 18.1 Å². The van der Waals surface area contributed by atoms with Crippen molar-refractivity contribution < 1.29 is 14.3 Å². The van der Waals surface area contributed by atoms with Crippen molar-refractivity contribution in [2.24, 2.45) is 0 Å². The first-order valence-corrected chi connectivity index (χ1v) is 6.97. The van der Waals surface area contributed by atoms with E-state index in [0.717, 1.165) is 0 Å². The Balaban J connectivity index is 1.94. The summed E-state index contributed by atoms with van der Waals surface area (Å²) in [7, 11) is 0. The van der Waals surface area contributed by atoms with Gasteiger partial charge in [-0.1, -0.05) is 32.9 Å². The number of amides is 1. The summed E-state index contributed by atoms with van der Waals surface area (Å²) in [6, 6.07) is 9.21. The van der Waals surface area contributed by atoms with E-state index in [4.69, 9.17) is 4.42 Å². The largest absolute Gasteiger partial charge is 0.472 e. The number of furan rings is 1. The molecule has 1 aromatic heterocycles. The Morgan fingerprint density at radius 1 is 1.24 bits per heavy atom. The molecule has 2 aromatic rings. The summed E-state index contributed by atoms with van der Waals surface area (Å²) < 4.78 is 4.90. The van der Waals surface area contributed by atoms with Crippen LogP contribution in [0.3, 0.4) is 0 Å². The summed E-state index contributed by atoms with van der Waals surface area (Å²) in [6.07, 6.45) is 2.20. The third-order valence-electron chi connectivity index (χ3n) is 3.40. The fourth-order valence-electron chi connectivity index (χ4n) is 2.00. The van der Waals surface area contributed by atoms with Crippen molar-refractivity contribution in [3.05, 3.63) is 59.5 Å². The van der Waals surface area contributed by atoms with Gasteiger partial charge in [0.2, 0.25) is 0 Å². The van der Waals surface area contributed by atoms with Crippen LogP contribution in [0.5, 0.6) is 0 Å². The van der Waals surface area contributed by atoms with Gasteiger partial charge in [0.15, 0.2) is 0 Å². The van der Waals surface area contributed by atoms with Crippen molar-refractivity contribution in [1.29, 1.82) is 0 Å². The van der Waals surface area contributed by atoms with Gasteiger partial charge in [0.05, 0.1) is 18.6 Å². The van der Waals surface area contributed by atoms with E-state index in [0.29, 0.717) is 11.1 Å². The number of carbonyl (C=O) groups excluding carboxylic acids is 1. The van der Waals surface area contributed by atoms with Gasteiger partial charge < -0.3 is 14.8 Å². The first kappa shape index (κ1) is 15.3. The number of benzene rings is 1. The standard InChI is InChI=1S/C17H21NO3/c1-17(2,3)14-6-4-12(5-7-14)16(20)18-10-15(19)13-8-9-21-11-13/h4-9,11,15,19H,10H2,1-3H3,(H,18,20)/t15-/m0/s1. The maximum absolute atomic E-state index is 12.0. The zero-order valence-corrected chi connectivity index (χ0v) is 12.6. The van der Waals surface area contributed by atoms with Crippen LogP contribution in [0, 0.1) is 0 Å². The molecule has 21 heavy (non-hydrogen) atoms. The highest BCUT2D eigenvalue weighted by atomic mass is 16.3. The van der Waals surface area contributed by atoms with Crippen LogP contribution in [-0.2, 0) is 5.41 Å².